The monoisotopic (exact) mass is 196 g/mol. The maximum Gasteiger partial charge on any atom is 0.200 e. The van der Waals surface area contributed by atoms with Crippen LogP contribution in [0.25, 0.3) is 0 Å². The Bertz CT molecular complexity index is 416. The van der Waals surface area contributed by atoms with Crippen molar-refractivity contribution in [2.24, 2.45) is 0 Å². The molecule has 0 aliphatic rings. The minimum atomic E-state index is -1.07. The molecule has 0 saturated heterocycles. The molecule has 0 N–H and O–H groups in total. The summed E-state index contributed by atoms with van der Waals surface area (Å²) < 4.78 is 30.3. The van der Waals surface area contributed by atoms with Crippen LogP contribution in [-0.4, -0.2) is 13.4 Å². The van der Waals surface area contributed by atoms with Gasteiger partial charge in [-0.05, 0) is 18.1 Å². The van der Waals surface area contributed by atoms with Crippen LogP contribution in [0.4, 0.5) is 8.78 Å². The Kier molecular flexibility index (Phi) is 3.19. The van der Waals surface area contributed by atoms with E-state index in [1.807, 2.05) is 0 Å². The first-order valence-electron chi connectivity index (χ1n) is 3.67. The van der Waals surface area contributed by atoms with Crippen molar-refractivity contribution in [1.82, 2.24) is 0 Å². The smallest absolute Gasteiger partial charge is 0.200 e. The van der Waals surface area contributed by atoms with Crippen LogP contribution >= 0.6 is 0 Å². The number of aldehydes is 1. The van der Waals surface area contributed by atoms with Crippen molar-refractivity contribution in [3.05, 3.63) is 29.3 Å². The van der Waals surface area contributed by atoms with E-state index in [0.717, 1.165) is 6.07 Å². The highest BCUT2D eigenvalue weighted by atomic mass is 19.2. The molecule has 72 valence electrons. The zero-order valence-electron chi connectivity index (χ0n) is 7.30. The molecule has 1 aromatic carbocycles. The third kappa shape index (κ3) is 2.07. The van der Waals surface area contributed by atoms with Gasteiger partial charge in [0.15, 0.2) is 17.9 Å². The normalized spacial score (nSPS) is 8.79. The highest BCUT2D eigenvalue weighted by Gasteiger charge is 2.09. The van der Waals surface area contributed by atoms with E-state index in [4.69, 9.17) is 0 Å². The highest BCUT2D eigenvalue weighted by molar-refractivity contribution is 5.74. The summed E-state index contributed by atoms with van der Waals surface area (Å²) in [6.45, 7) is 0. The summed E-state index contributed by atoms with van der Waals surface area (Å²) in [4.78, 5) is 9.91. The highest BCUT2D eigenvalue weighted by Crippen LogP contribution is 2.21. The Morgan fingerprint density at radius 2 is 2.14 bits per heavy atom. The molecule has 14 heavy (non-hydrogen) atoms. The third-order valence-electron chi connectivity index (χ3n) is 1.49. The largest absolute Gasteiger partial charge is 0.494 e. The molecule has 0 spiro atoms. The lowest BCUT2D eigenvalue weighted by Crippen LogP contribution is -1.93. The summed E-state index contributed by atoms with van der Waals surface area (Å²) in [6.07, 6.45) is 0.369. The lowest BCUT2D eigenvalue weighted by Gasteiger charge is -2.02. The Morgan fingerprint density at radius 1 is 1.43 bits per heavy atom. The molecular weight excluding hydrogens is 190 g/mol. The topological polar surface area (TPSA) is 26.3 Å². The maximum absolute atomic E-state index is 12.9. The lowest BCUT2D eigenvalue weighted by atomic mass is 10.2. The number of methoxy groups -OCH3 is 1. The Morgan fingerprint density at radius 3 is 2.71 bits per heavy atom. The van der Waals surface area contributed by atoms with Crippen LogP contribution in [0.5, 0.6) is 5.75 Å². The number of hydrogen-bond acceptors (Lipinski definition) is 2. The standard InChI is InChI=1S/C10H6F2O2/c1-14-9-6-7(3-2-4-13)5-8(11)10(9)12/h4-6H,1H3. The number of rotatable bonds is 1. The number of carbonyl (C=O) groups excluding carboxylic acids is 1. The van der Waals surface area contributed by atoms with Gasteiger partial charge in [-0.1, -0.05) is 5.92 Å². The summed E-state index contributed by atoms with van der Waals surface area (Å²) in [6, 6.07) is 2.11. The van der Waals surface area contributed by atoms with Crippen LogP contribution in [-0.2, 0) is 4.79 Å². The van der Waals surface area contributed by atoms with Crippen molar-refractivity contribution in [3.8, 4) is 17.6 Å². The first-order chi connectivity index (χ1) is 6.69. The van der Waals surface area contributed by atoms with Crippen molar-refractivity contribution in [3.63, 3.8) is 0 Å². The Hall–Kier alpha value is -1.89. The number of ether oxygens (including phenoxy) is 1. The van der Waals surface area contributed by atoms with Crippen molar-refractivity contribution < 1.29 is 18.3 Å². The van der Waals surface area contributed by atoms with E-state index >= 15 is 0 Å². The van der Waals surface area contributed by atoms with Gasteiger partial charge in [-0.25, -0.2) is 4.39 Å². The second-order valence-corrected chi connectivity index (χ2v) is 2.36. The average Bonchev–Trinajstić information content (AvgIpc) is 2.19. The van der Waals surface area contributed by atoms with Gasteiger partial charge in [0.25, 0.3) is 0 Å². The molecule has 0 heterocycles. The number of carbonyl (C=O) groups is 1. The number of hydrogen-bond donors (Lipinski definition) is 0. The van der Waals surface area contributed by atoms with E-state index in [1.54, 1.807) is 0 Å². The van der Waals surface area contributed by atoms with Gasteiger partial charge >= 0.3 is 0 Å². The minimum absolute atomic E-state index is 0.188. The van der Waals surface area contributed by atoms with E-state index < -0.39 is 11.6 Å². The third-order valence-corrected chi connectivity index (χ3v) is 1.49. The first-order valence-corrected chi connectivity index (χ1v) is 3.67. The molecule has 0 atom stereocenters. The van der Waals surface area contributed by atoms with Crippen LogP contribution in [0, 0.1) is 23.5 Å². The van der Waals surface area contributed by atoms with E-state index in [0.29, 0.717) is 6.29 Å². The summed E-state index contributed by atoms with van der Waals surface area (Å²) in [5.74, 6) is 2.06. The number of benzene rings is 1. The van der Waals surface area contributed by atoms with Gasteiger partial charge in [-0.15, -0.1) is 0 Å². The van der Waals surface area contributed by atoms with Crippen LogP contribution in [0.2, 0.25) is 0 Å². The zero-order valence-corrected chi connectivity index (χ0v) is 7.30. The van der Waals surface area contributed by atoms with Gasteiger partial charge in [0.1, 0.15) is 0 Å². The predicted molar refractivity (Wildman–Crippen MR) is 45.9 cm³/mol. The molecule has 2 nitrogen and oxygen atoms in total. The SMILES string of the molecule is COc1cc(C#CC=O)cc(F)c1F. The summed E-state index contributed by atoms with van der Waals surface area (Å²) in [5.41, 5.74) is 0.188. The second kappa shape index (κ2) is 4.38. The fourth-order valence-electron chi connectivity index (χ4n) is 0.897. The Balaban J connectivity index is 3.22. The average molecular weight is 196 g/mol. The molecular formula is C10H6F2O2. The molecule has 4 heteroatoms. The van der Waals surface area contributed by atoms with Gasteiger partial charge in [0.2, 0.25) is 5.82 Å². The van der Waals surface area contributed by atoms with E-state index in [2.05, 4.69) is 16.6 Å². The molecule has 0 radical (unpaired) electrons. The number of halogens is 2. The quantitative estimate of drug-likeness (QED) is 0.503. The van der Waals surface area contributed by atoms with E-state index in [-0.39, 0.29) is 11.3 Å². The first kappa shape index (κ1) is 10.2. The van der Waals surface area contributed by atoms with Crippen molar-refractivity contribution >= 4 is 6.29 Å². The molecule has 0 fully saturated rings. The predicted octanol–water partition coefficient (Wildman–Crippen LogP) is 1.52. The van der Waals surface area contributed by atoms with Gasteiger partial charge in [0.05, 0.1) is 7.11 Å². The summed E-state index contributed by atoms with van der Waals surface area (Å²) >= 11 is 0. The van der Waals surface area contributed by atoms with E-state index in [9.17, 15) is 13.6 Å². The second-order valence-electron chi connectivity index (χ2n) is 2.36. The lowest BCUT2D eigenvalue weighted by molar-refractivity contribution is -0.103. The zero-order chi connectivity index (χ0) is 10.6. The fourth-order valence-corrected chi connectivity index (χ4v) is 0.897. The summed E-state index contributed by atoms with van der Waals surface area (Å²) in [5, 5.41) is 0. The van der Waals surface area contributed by atoms with Gasteiger partial charge in [-0.2, -0.15) is 4.39 Å². The van der Waals surface area contributed by atoms with Crippen molar-refractivity contribution in [2.45, 2.75) is 0 Å². The van der Waals surface area contributed by atoms with Crippen LogP contribution in [0.3, 0.4) is 0 Å². The van der Waals surface area contributed by atoms with Gasteiger partial charge in [-0.3, -0.25) is 4.79 Å². The van der Waals surface area contributed by atoms with Crippen molar-refractivity contribution in [1.29, 1.82) is 0 Å². The maximum atomic E-state index is 12.9. The fraction of sp³-hybridized carbons (Fsp3) is 0.100. The summed E-state index contributed by atoms with van der Waals surface area (Å²) in [7, 11) is 1.22. The molecule has 0 saturated carbocycles. The molecule has 0 aliphatic heterocycles. The molecule has 0 bridgehead atoms. The molecule has 0 amide bonds. The molecule has 1 rings (SSSR count). The molecule has 0 aromatic heterocycles. The van der Waals surface area contributed by atoms with Crippen molar-refractivity contribution in [2.75, 3.05) is 7.11 Å². The van der Waals surface area contributed by atoms with Crippen LogP contribution in [0.1, 0.15) is 5.56 Å². The van der Waals surface area contributed by atoms with Gasteiger partial charge < -0.3 is 4.74 Å². The Labute approximate surface area is 79.5 Å². The van der Waals surface area contributed by atoms with Gasteiger partial charge in [0, 0.05) is 5.56 Å². The van der Waals surface area contributed by atoms with E-state index in [1.165, 1.54) is 13.2 Å². The van der Waals surface area contributed by atoms with Crippen LogP contribution in [0.15, 0.2) is 12.1 Å². The molecule has 1 aromatic rings. The molecule has 0 aliphatic carbocycles. The minimum Gasteiger partial charge on any atom is -0.494 e. The molecule has 0 unspecified atom stereocenters. The van der Waals surface area contributed by atoms with Crippen LogP contribution < -0.4 is 4.74 Å².